The van der Waals surface area contributed by atoms with Gasteiger partial charge in [-0.15, -0.1) is 0 Å². The summed E-state index contributed by atoms with van der Waals surface area (Å²) >= 11 is 0. The van der Waals surface area contributed by atoms with E-state index in [0.29, 0.717) is 6.54 Å². The molecule has 3 heteroatoms. The molecule has 0 aromatic heterocycles. The summed E-state index contributed by atoms with van der Waals surface area (Å²) in [6.45, 7) is 4.34. The molecule has 74 valence electrons. The molecular formula is C9H21NO2. The Morgan fingerprint density at radius 2 is 2.08 bits per heavy atom. The summed E-state index contributed by atoms with van der Waals surface area (Å²) in [5.74, 6) is 0. The van der Waals surface area contributed by atoms with Crippen LogP contribution < -0.4 is 5.32 Å². The lowest BCUT2D eigenvalue weighted by molar-refractivity contribution is 0.187. The molecule has 0 unspecified atom stereocenters. The molecule has 3 nitrogen and oxygen atoms in total. The van der Waals surface area contributed by atoms with Gasteiger partial charge < -0.3 is 15.2 Å². The van der Waals surface area contributed by atoms with Gasteiger partial charge in [0.1, 0.15) is 0 Å². The van der Waals surface area contributed by atoms with Gasteiger partial charge in [0.15, 0.2) is 0 Å². The van der Waals surface area contributed by atoms with E-state index in [1.54, 1.807) is 14.0 Å². The number of methoxy groups -OCH3 is 1. The van der Waals surface area contributed by atoms with Crippen LogP contribution in [0.1, 0.15) is 26.2 Å². The van der Waals surface area contributed by atoms with Crippen LogP contribution in [0.4, 0.5) is 0 Å². The van der Waals surface area contributed by atoms with Crippen LogP contribution >= 0.6 is 0 Å². The average molecular weight is 175 g/mol. The first-order valence-electron chi connectivity index (χ1n) is 4.65. The zero-order chi connectivity index (χ0) is 9.23. The van der Waals surface area contributed by atoms with Crippen molar-refractivity contribution in [3.05, 3.63) is 0 Å². The fourth-order valence-corrected chi connectivity index (χ4v) is 0.984. The summed E-state index contributed by atoms with van der Waals surface area (Å²) in [5.41, 5.74) is 0. The standard InChI is InChI=1S/C9H21NO2/c1-9(11)8-10-6-4-3-5-7-12-2/h9-11H,3-8H2,1-2H3/t9-/m0/s1. The topological polar surface area (TPSA) is 41.5 Å². The lowest BCUT2D eigenvalue weighted by Gasteiger charge is -2.05. The minimum atomic E-state index is -0.232. The second-order valence-corrected chi connectivity index (χ2v) is 3.11. The highest BCUT2D eigenvalue weighted by Crippen LogP contribution is 1.93. The third-order valence-electron chi connectivity index (χ3n) is 1.64. The molecule has 2 N–H and O–H groups in total. The molecule has 0 saturated heterocycles. The fraction of sp³-hybridized carbons (Fsp3) is 1.00. The molecular weight excluding hydrogens is 154 g/mol. The summed E-state index contributed by atoms with van der Waals surface area (Å²) in [6, 6.07) is 0. The first kappa shape index (κ1) is 11.9. The molecule has 0 radical (unpaired) electrons. The Morgan fingerprint density at radius 1 is 1.33 bits per heavy atom. The van der Waals surface area contributed by atoms with Gasteiger partial charge in [-0.1, -0.05) is 0 Å². The van der Waals surface area contributed by atoms with Crippen LogP contribution in [-0.2, 0) is 4.74 Å². The van der Waals surface area contributed by atoms with E-state index in [2.05, 4.69) is 5.32 Å². The van der Waals surface area contributed by atoms with E-state index < -0.39 is 0 Å². The van der Waals surface area contributed by atoms with Gasteiger partial charge in [0.25, 0.3) is 0 Å². The predicted octanol–water partition coefficient (Wildman–Crippen LogP) is 0.774. The van der Waals surface area contributed by atoms with Crippen LogP contribution in [0.2, 0.25) is 0 Å². The van der Waals surface area contributed by atoms with Crippen LogP contribution in [0, 0.1) is 0 Å². The normalized spacial score (nSPS) is 13.2. The van der Waals surface area contributed by atoms with Crippen LogP contribution in [-0.4, -0.2) is 38.0 Å². The maximum atomic E-state index is 8.91. The molecule has 0 fully saturated rings. The zero-order valence-electron chi connectivity index (χ0n) is 8.18. The highest BCUT2D eigenvalue weighted by molar-refractivity contribution is 4.52. The number of aliphatic hydroxyl groups excluding tert-OH is 1. The van der Waals surface area contributed by atoms with Crippen molar-refractivity contribution >= 4 is 0 Å². The van der Waals surface area contributed by atoms with Crippen LogP contribution in [0.5, 0.6) is 0 Å². The third kappa shape index (κ3) is 9.88. The Hall–Kier alpha value is -0.120. The molecule has 0 saturated carbocycles. The second kappa shape index (κ2) is 8.97. The maximum absolute atomic E-state index is 8.91. The van der Waals surface area contributed by atoms with Gasteiger partial charge in [-0.05, 0) is 32.7 Å². The molecule has 0 heterocycles. The van der Waals surface area contributed by atoms with Crippen LogP contribution in [0.25, 0.3) is 0 Å². The van der Waals surface area contributed by atoms with Crippen molar-refractivity contribution in [1.29, 1.82) is 0 Å². The molecule has 0 rings (SSSR count). The Kier molecular flexibility index (Phi) is 8.88. The number of nitrogens with one attached hydrogen (secondary N) is 1. The van der Waals surface area contributed by atoms with E-state index in [9.17, 15) is 0 Å². The molecule has 0 aliphatic carbocycles. The van der Waals surface area contributed by atoms with E-state index >= 15 is 0 Å². The van der Waals surface area contributed by atoms with Crippen molar-refractivity contribution in [3.63, 3.8) is 0 Å². The molecule has 1 atom stereocenters. The SMILES string of the molecule is COCCCCCNC[C@H](C)O. The first-order valence-corrected chi connectivity index (χ1v) is 4.65. The van der Waals surface area contributed by atoms with Crippen LogP contribution in [0.3, 0.4) is 0 Å². The lowest BCUT2D eigenvalue weighted by atomic mass is 10.2. The maximum Gasteiger partial charge on any atom is 0.0636 e. The molecule has 0 amide bonds. The summed E-state index contributed by atoms with van der Waals surface area (Å²) in [5, 5.41) is 12.1. The minimum absolute atomic E-state index is 0.232. The number of unbranched alkanes of at least 4 members (excludes halogenated alkanes) is 2. The highest BCUT2D eigenvalue weighted by atomic mass is 16.5. The number of rotatable bonds is 8. The summed E-state index contributed by atoms with van der Waals surface area (Å²) in [6.07, 6.45) is 3.26. The van der Waals surface area contributed by atoms with Gasteiger partial charge in [0.05, 0.1) is 6.10 Å². The highest BCUT2D eigenvalue weighted by Gasteiger charge is 1.93. The summed E-state index contributed by atoms with van der Waals surface area (Å²) < 4.78 is 4.93. The van der Waals surface area contributed by atoms with Crippen LogP contribution in [0.15, 0.2) is 0 Å². The van der Waals surface area contributed by atoms with Gasteiger partial charge >= 0.3 is 0 Å². The summed E-state index contributed by atoms with van der Waals surface area (Å²) in [4.78, 5) is 0. The van der Waals surface area contributed by atoms with Crippen molar-refractivity contribution in [3.8, 4) is 0 Å². The smallest absolute Gasteiger partial charge is 0.0636 e. The van der Waals surface area contributed by atoms with Crippen molar-refractivity contribution in [2.45, 2.75) is 32.3 Å². The molecule has 0 aromatic rings. The number of ether oxygens (including phenoxy) is 1. The third-order valence-corrected chi connectivity index (χ3v) is 1.64. The van der Waals surface area contributed by atoms with E-state index in [0.717, 1.165) is 26.0 Å². The first-order chi connectivity index (χ1) is 5.77. The number of hydrogen-bond acceptors (Lipinski definition) is 3. The van der Waals surface area contributed by atoms with Gasteiger partial charge in [-0.25, -0.2) is 0 Å². The molecule has 12 heavy (non-hydrogen) atoms. The van der Waals surface area contributed by atoms with E-state index in [4.69, 9.17) is 9.84 Å². The summed E-state index contributed by atoms with van der Waals surface area (Å²) in [7, 11) is 1.73. The second-order valence-electron chi connectivity index (χ2n) is 3.11. The molecule has 0 spiro atoms. The van der Waals surface area contributed by atoms with Crippen molar-refractivity contribution in [2.75, 3.05) is 26.8 Å². The van der Waals surface area contributed by atoms with Gasteiger partial charge in [0.2, 0.25) is 0 Å². The quantitative estimate of drug-likeness (QED) is 0.535. The monoisotopic (exact) mass is 175 g/mol. The fourth-order valence-electron chi connectivity index (χ4n) is 0.984. The largest absolute Gasteiger partial charge is 0.392 e. The predicted molar refractivity (Wildman–Crippen MR) is 50.3 cm³/mol. The van der Waals surface area contributed by atoms with Crippen molar-refractivity contribution in [2.24, 2.45) is 0 Å². The number of aliphatic hydroxyl groups is 1. The Labute approximate surface area is 75.1 Å². The van der Waals surface area contributed by atoms with E-state index in [1.807, 2.05) is 0 Å². The molecule has 0 bridgehead atoms. The van der Waals surface area contributed by atoms with Gasteiger partial charge in [0, 0.05) is 20.3 Å². The molecule has 0 aliphatic heterocycles. The molecule has 0 aliphatic rings. The van der Waals surface area contributed by atoms with Gasteiger partial charge in [-0.3, -0.25) is 0 Å². The Bertz CT molecular complexity index is 86.6. The van der Waals surface area contributed by atoms with Crippen molar-refractivity contribution < 1.29 is 9.84 Å². The van der Waals surface area contributed by atoms with Gasteiger partial charge in [-0.2, -0.15) is 0 Å². The number of hydrogen-bond donors (Lipinski definition) is 2. The zero-order valence-corrected chi connectivity index (χ0v) is 8.18. The minimum Gasteiger partial charge on any atom is -0.392 e. The molecule has 0 aromatic carbocycles. The Morgan fingerprint density at radius 3 is 2.67 bits per heavy atom. The average Bonchev–Trinajstić information content (AvgIpc) is 2.02. The van der Waals surface area contributed by atoms with E-state index in [1.165, 1.54) is 6.42 Å². The Balaban J connectivity index is 2.82. The van der Waals surface area contributed by atoms with E-state index in [-0.39, 0.29) is 6.10 Å². The lowest BCUT2D eigenvalue weighted by Crippen LogP contribution is -2.25. The van der Waals surface area contributed by atoms with Crippen molar-refractivity contribution in [1.82, 2.24) is 5.32 Å².